The van der Waals surface area contributed by atoms with Gasteiger partial charge in [0.1, 0.15) is 0 Å². The van der Waals surface area contributed by atoms with Crippen molar-refractivity contribution in [2.75, 3.05) is 25.0 Å². The Hall–Kier alpha value is -2.46. The van der Waals surface area contributed by atoms with Crippen molar-refractivity contribution in [2.45, 2.75) is 19.8 Å². The molecule has 4 nitrogen and oxygen atoms in total. The second-order valence-electron chi connectivity index (χ2n) is 6.28. The number of hydrogen-bond acceptors (Lipinski definition) is 3. The van der Waals surface area contributed by atoms with Gasteiger partial charge in [-0.25, -0.2) is 0 Å². The molecule has 1 amide bonds. The molecule has 1 aliphatic heterocycles. The molecule has 0 radical (unpaired) electrons. The predicted octanol–water partition coefficient (Wildman–Crippen LogP) is 3.26. The number of aryl methyl sites for hydroxylation is 1. The zero-order valence-corrected chi connectivity index (χ0v) is 13.9. The number of ketones is 1. The van der Waals surface area contributed by atoms with Crippen LogP contribution in [-0.4, -0.2) is 36.2 Å². The number of carbonyl (C=O) groups is 2. The maximum absolute atomic E-state index is 12.8. The third-order valence-corrected chi connectivity index (χ3v) is 4.30. The SMILES string of the molecule is Cc1ccc(NC(=O)CN2CCCC2)c(C(=O)c2ccccc2)c1. The lowest BCUT2D eigenvalue weighted by Gasteiger charge is -2.16. The van der Waals surface area contributed by atoms with Gasteiger partial charge in [0.25, 0.3) is 0 Å². The van der Waals surface area contributed by atoms with E-state index in [1.54, 1.807) is 12.1 Å². The highest BCUT2D eigenvalue weighted by Gasteiger charge is 2.18. The first kappa shape index (κ1) is 16.4. The predicted molar refractivity (Wildman–Crippen MR) is 95.4 cm³/mol. The summed E-state index contributed by atoms with van der Waals surface area (Å²) >= 11 is 0. The standard InChI is InChI=1S/C20H22N2O2/c1-15-9-10-18(21-19(23)14-22-11-5-6-12-22)17(13-15)20(24)16-7-3-2-4-8-16/h2-4,7-10,13H,5-6,11-12,14H2,1H3,(H,21,23). The quantitative estimate of drug-likeness (QED) is 0.860. The molecule has 0 saturated carbocycles. The van der Waals surface area contributed by atoms with Gasteiger partial charge >= 0.3 is 0 Å². The molecule has 0 spiro atoms. The van der Waals surface area contributed by atoms with Gasteiger partial charge in [0.05, 0.1) is 12.2 Å². The van der Waals surface area contributed by atoms with Crippen LogP contribution in [0.25, 0.3) is 0 Å². The van der Waals surface area contributed by atoms with Crippen LogP contribution < -0.4 is 5.32 Å². The van der Waals surface area contributed by atoms with Crippen molar-refractivity contribution in [3.8, 4) is 0 Å². The molecule has 0 bridgehead atoms. The van der Waals surface area contributed by atoms with Gasteiger partial charge in [-0.1, -0.05) is 42.0 Å². The molecule has 0 unspecified atom stereocenters. The Balaban J connectivity index is 1.80. The van der Waals surface area contributed by atoms with E-state index in [1.165, 1.54) is 0 Å². The molecule has 0 aromatic heterocycles. The van der Waals surface area contributed by atoms with Crippen molar-refractivity contribution in [1.29, 1.82) is 0 Å². The monoisotopic (exact) mass is 322 g/mol. The van der Waals surface area contributed by atoms with Crippen LogP contribution in [-0.2, 0) is 4.79 Å². The average molecular weight is 322 g/mol. The Morgan fingerprint density at radius 3 is 2.46 bits per heavy atom. The molecule has 24 heavy (non-hydrogen) atoms. The van der Waals surface area contributed by atoms with E-state index in [1.807, 2.05) is 43.3 Å². The van der Waals surface area contributed by atoms with Crippen molar-refractivity contribution in [3.05, 3.63) is 65.2 Å². The Morgan fingerprint density at radius 1 is 1.04 bits per heavy atom. The molecule has 1 saturated heterocycles. The number of anilines is 1. The molecule has 3 rings (SSSR count). The van der Waals surface area contributed by atoms with E-state index >= 15 is 0 Å². The highest BCUT2D eigenvalue weighted by Crippen LogP contribution is 2.21. The summed E-state index contributed by atoms with van der Waals surface area (Å²) in [4.78, 5) is 27.2. The number of likely N-dealkylation sites (tertiary alicyclic amines) is 1. The Kier molecular flexibility index (Phi) is 5.06. The smallest absolute Gasteiger partial charge is 0.238 e. The summed E-state index contributed by atoms with van der Waals surface area (Å²) in [5, 5.41) is 2.91. The van der Waals surface area contributed by atoms with Crippen LogP contribution in [0.1, 0.15) is 34.3 Å². The van der Waals surface area contributed by atoms with Gasteiger partial charge in [0.2, 0.25) is 5.91 Å². The van der Waals surface area contributed by atoms with Crippen molar-refractivity contribution in [3.63, 3.8) is 0 Å². The van der Waals surface area contributed by atoms with Crippen molar-refractivity contribution < 1.29 is 9.59 Å². The first-order chi connectivity index (χ1) is 11.6. The van der Waals surface area contributed by atoms with Crippen molar-refractivity contribution >= 4 is 17.4 Å². The average Bonchev–Trinajstić information content (AvgIpc) is 3.09. The van der Waals surface area contributed by atoms with E-state index in [9.17, 15) is 9.59 Å². The van der Waals surface area contributed by atoms with Gasteiger partial charge in [0, 0.05) is 11.1 Å². The Bertz CT molecular complexity index is 735. The van der Waals surface area contributed by atoms with Gasteiger partial charge in [-0.2, -0.15) is 0 Å². The number of carbonyl (C=O) groups excluding carboxylic acids is 2. The van der Waals surface area contributed by atoms with Crippen LogP contribution in [0.2, 0.25) is 0 Å². The summed E-state index contributed by atoms with van der Waals surface area (Å²) in [6.07, 6.45) is 2.30. The number of nitrogens with zero attached hydrogens (tertiary/aromatic N) is 1. The summed E-state index contributed by atoms with van der Waals surface area (Å²) < 4.78 is 0. The normalized spacial score (nSPS) is 14.5. The van der Waals surface area contributed by atoms with Crippen LogP contribution >= 0.6 is 0 Å². The molecule has 2 aromatic carbocycles. The van der Waals surface area contributed by atoms with E-state index in [0.717, 1.165) is 31.5 Å². The van der Waals surface area contributed by atoms with E-state index < -0.39 is 0 Å². The topological polar surface area (TPSA) is 49.4 Å². The van der Waals surface area contributed by atoms with E-state index in [-0.39, 0.29) is 11.7 Å². The molecule has 1 N–H and O–H groups in total. The van der Waals surface area contributed by atoms with Gasteiger partial charge in [-0.15, -0.1) is 0 Å². The van der Waals surface area contributed by atoms with Crippen LogP contribution in [0.15, 0.2) is 48.5 Å². The molecule has 1 aliphatic rings. The molecule has 2 aromatic rings. The lowest BCUT2D eigenvalue weighted by Crippen LogP contribution is -2.31. The lowest BCUT2D eigenvalue weighted by atomic mass is 9.99. The lowest BCUT2D eigenvalue weighted by molar-refractivity contribution is -0.117. The number of amides is 1. The fourth-order valence-electron chi connectivity index (χ4n) is 3.03. The molecule has 0 aliphatic carbocycles. The number of hydrogen-bond donors (Lipinski definition) is 1. The van der Waals surface area contributed by atoms with Crippen LogP contribution in [0.3, 0.4) is 0 Å². The van der Waals surface area contributed by atoms with E-state index in [2.05, 4.69) is 10.2 Å². The fraction of sp³-hybridized carbons (Fsp3) is 0.300. The fourth-order valence-corrected chi connectivity index (χ4v) is 3.03. The van der Waals surface area contributed by atoms with Gasteiger partial charge in [0.15, 0.2) is 5.78 Å². The number of rotatable bonds is 5. The number of benzene rings is 2. The summed E-state index contributed by atoms with van der Waals surface area (Å²) in [5.41, 5.74) is 2.74. The highest BCUT2D eigenvalue weighted by molar-refractivity contribution is 6.14. The third kappa shape index (κ3) is 3.89. The number of nitrogens with one attached hydrogen (secondary N) is 1. The summed E-state index contributed by atoms with van der Waals surface area (Å²) in [6.45, 7) is 4.26. The Labute approximate surface area is 142 Å². The second-order valence-corrected chi connectivity index (χ2v) is 6.28. The maximum atomic E-state index is 12.8. The van der Waals surface area contributed by atoms with Crippen LogP contribution in [0.4, 0.5) is 5.69 Å². The van der Waals surface area contributed by atoms with Gasteiger partial charge in [-0.3, -0.25) is 14.5 Å². The first-order valence-electron chi connectivity index (χ1n) is 8.36. The molecule has 4 heteroatoms. The van der Waals surface area contributed by atoms with Crippen molar-refractivity contribution in [2.24, 2.45) is 0 Å². The van der Waals surface area contributed by atoms with Crippen LogP contribution in [0.5, 0.6) is 0 Å². The minimum atomic E-state index is -0.0734. The van der Waals surface area contributed by atoms with Crippen molar-refractivity contribution in [1.82, 2.24) is 4.90 Å². The first-order valence-corrected chi connectivity index (χ1v) is 8.36. The van der Waals surface area contributed by atoms with Gasteiger partial charge in [-0.05, 0) is 45.0 Å². The minimum Gasteiger partial charge on any atom is -0.324 e. The maximum Gasteiger partial charge on any atom is 0.238 e. The Morgan fingerprint density at radius 2 is 1.75 bits per heavy atom. The molecule has 124 valence electrons. The second kappa shape index (κ2) is 7.41. The summed E-state index contributed by atoms with van der Waals surface area (Å²) in [6, 6.07) is 14.7. The van der Waals surface area contributed by atoms with E-state index in [4.69, 9.17) is 0 Å². The molecular formula is C20H22N2O2. The minimum absolute atomic E-state index is 0.0668. The largest absolute Gasteiger partial charge is 0.324 e. The molecular weight excluding hydrogens is 300 g/mol. The highest BCUT2D eigenvalue weighted by atomic mass is 16.2. The zero-order valence-electron chi connectivity index (χ0n) is 13.9. The summed E-state index contributed by atoms with van der Waals surface area (Å²) in [5.74, 6) is -0.140. The third-order valence-electron chi connectivity index (χ3n) is 4.30. The van der Waals surface area contributed by atoms with Gasteiger partial charge < -0.3 is 5.32 Å². The molecule has 1 fully saturated rings. The molecule has 0 atom stereocenters. The van der Waals surface area contributed by atoms with Crippen LogP contribution in [0, 0.1) is 6.92 Å². The summed E-state index contributed by atoms with van der Waals surface area (Å²) in [7, 11) is 0. The zero-order chi connectivity index (χ0) is 16.9. The van der Waals surface area contributed by atoms with E-state index in [0.29, 0.717) is 23.4 Å². The molecule has 1 heterocycles.